The minimum absolute atomic E-state index is 0.0745. The van der Waals surface area contributed by atoms with Gasteiger partial charge in [-0.25, -0.2) is 9.97 Å². The highest BCUT2D eigenvalue weighted by molar-refractivity contribution is 7.21. The van der Waals surface area contributed by atoms with Gasteiger partial charge in [0, 0.05) is 11.8 Å². The topological polar surface area (TPSA) is 68.0 Å². The van der Waals surface area contributed by atoms with Crippen LogP contribution in [0.15, 0.2) is 76.5 Å². The SMILES string of the molecule is O=C(Cc1csc(Cc2ccccc2)n1)NCc1ccc(-c2nc3ccccc3s2)o1. The Balaban J connectivity index is 1.16. The zero-order valence-corrected chi connectivity index (χ0v) is 18.2. The molecule has 0 unspecified atom stereocenters. The number of carbonyl (C=O) groups excluding carboxylic acids is 1. The standard InChI is InChI=1S/C24H19N3O2S2/c28-22(13-17-15-30-23(26-17)12-16-6-2-1-3-7-16)25-14-18-10-11-20(29-18)24-27-19-8-4-5-9-21(19)31-24/h1-11,15H,12-14H2,(H,25,28). The zero-order valence-electron chi connectivity index (χ0n) is 16.6. The Morgan fingerprint density at radius 2 is 1.81 bits per heavy atom. The number of furan rings is 1. The largest absolute Gasteiger partial charge is 0.457 e. The molecule has 0 saturated heterocycles. The quantitative estimate of drug-likeness (QED) is 0.361. The van der Waals surface area contributed by atoms with Crippen LogP contribution in [0, 0.1) is 0 Å². The van der Waals surface area contributed by atoms with E-state index in [4.69, 9.17) is 4.42 Å². The highest BCUT2D eigenvalue weighted by atomic mass is 32.1. The Morgan fingerprint density at radius 3 is 2.68 bits per heavy atom. The van der Waals surface area contributed by atoms with E-state index in [1.165, 1.54) is 5.56 Å². The number of fused-ring (bicyclic) bond motifs is 1. The van der Waals surface area contributed by atoms with Gasteiger partial charge in [0.1, 0.15) is 5.76 Å². The number of nitrogens with zero attached hydrogens (tertiary/aromatic N) is 2. The molecule has 7 heteroatoms. The van der Waals surface area contributed by atoms with Crippen molar-refractivity contribution in [2.45, 2.75) is 19.4 Å². The number of thiazole rings is 2. The molecule has 154 valence electrons. The van der Waals surface area contributed by atoms with Gasteiger partial charge in [0.2, 0.25) is 5.91 Å². The van der Waals surface area contributed by atoms with E-state index in [1.54, 1.807) is 22.7 Å². The van der Waals surface area contributed by atoms with Crippen LogP contribution >= 0.6 is 22.7 Å². The maximum atomic E-state index is 12.3. The summed E-state index contributed by atoms with van der Waals surface area (Å²) < 4.78 is 7.01. The van der Waals surface area contributed by atoms with Crippen molar-refractivity contribution in [2.24, 2.45) is 0 Å². The molecule has 0 fully saturated rings. The van der Waals surface area contributed by atoms with E-state index in [1.807, 2.05) is 60.0 Å². The van der Waals surface area contributed by atoms with E-state index in [0.29, 0.717) is 12.3 Å². The lowest BCUT2D eigenvalue weighted by molar-refractivity contribution is -0.120. The van der Waals surface area contributed by atoms with Crippen molar-refractivity contribution in [1.82, 2.24) is 15.3 Å². The Morgan fingerprint density at radius 1 is 0.968 bits per heavy atom. The lowest BCUT2D eigenvalue weighted by Crippen LogP contribution is -2.24. The Bertz CT molecular complexity index is 1290. The predicted octanol–water partition coefficient (Wildman–Crippen LogP) is 5.46. The Kier molecular flexibility index (Phi) is 5.60. The lowest BCUT2D eigenvalue weighted by atomic mass is 10.2. The predicted molar refractivity (Wildman–Crippen MR) is 124 cm³/mol. The third kappa shape index (κ3) is 4.73. The number of para-hydroxylation sites is 1. The summed E-state index contributed by atoms with van der Waals surface area (Å²) >= 11 is 3.18. The first-order valence-electron chi connectivity index (χ1n) is 9.91. The second-order valence-electron chi connectivity index (χ2n) is 7.10. The van der Waals surface area contributed by atoms with Crippen LogP contribution in [-0.4, -0.2) is 15.9 Å². The summed E-state index contributed by atoms with van der Waals surface area (Å²) in [5.74, 6) is 1.34. The highest BCUT2D eigenvalue weighted by Gasteiger charge is 2.12. The van der Waals surface area contributed by atoms with Crippen molar-refractivity contribution in [2.75, 3.05) is 0 Å². The Labute approximate surface area is 187 Å². The van der Waals surface area contributed by atoms with Crippen LogP contribution in [0.5, 0.6) is 0 Å². The second kappa shape index (κ2) is 8.83. The van der Waals surface area contributed by atoms with Gasteiger partial charge < -0.3 is 9.73 Å². The van der Waals surface area contributed by atoms with Crippen molar-refractivity contribution in [1.29, 1.82) is 0 Å². The molecule has 3 aromatic heterocycles. The normalized spacial score (nSPS) is 11.1. The molecule has 5 rings (SSSR count). The molecule has 31 heavy (non-hydrogen) atoms. The van der Waals surface area contributed by atoms with Gasteiger partial charge in [-0.2, -0.15) is 0 Å². The van der Waals surface area contributed by atoms with Crippen molar-refractivity contribution in [3.8, 4) is 10.8 Å². The molecule has 0 spiro atoms. The summed E-state index contributed by atoms with van der Waals surface area (Å²) in [5, 5.41) is 6.72. The van der Waals surface area contributed by atoms with Gasteiger partial charge in [-0.3, -0.25) is 4.79 Å². The monoisotopic (exact) mass is 445 g/mol. The van der Waals surface area contributed by atoms with Crippen LogP contribution in [0.25, 0.3) is 21.0 Å². The fourth-order valence-electron chi connectivity index (χ4n) is 3.26. The maximum absolute atomic E-state index is 12.3. The van der Waals surface area contributed by atoms with Crippen LogP contribution in [0.4, 0.5) is 0 Å². The Hall–Kier alpha value is -3.29. The van der Waals surface area contributed by atoms with Crippen LogP contribution in [0.2, 0.25) is 0 Å². The zero-order chi connectivity index (χ0) is 21.0. The first kappa shape index (κ1) is 19.7. The first-order chi connectivity index (χ1) is 15.2. The fourth-order valence-corrected chi connectivity index (χ4v) is 5.02. The number of carbonyl (C=O) groups is 1. The number of aromatic nitrogens is 2. The molecule has 0 aliphatic rings. The van der Waals surface area contributed by atoms with Crippen LogP contribution in [-0.2, 0) is 24.2 Å². The smallest absolute Gasteiger partial charge is 0.226 e. The molecule has 1 N–H and O–H groups in total. The van der Waals surface area contributed by atoms with Gasteiger partial charge >= 0.3 is 0 Å². The molecule has 0 radical (unpaired) electrons. The van der Waals surface area contributed by atoms with Crippen molar-refractivity contribution in [3.05, 3.63) is 94.1 Å². The van der Waals surface area contributed by atoms with Gasteiger partial charge in [-0.05, 0) is 29.8 Å². The molecule has 3 heterocycles. The molecule has 5 nitrogen and oxygen atoms in total. The van der Waals surface area contributed by atoms with Gasteiger partial charge in [-0.1, -0.05) is 42.5 Å². The molecule has 0 atom stereocenters. The third-order valence-electron chi connectivity index (χ3n) is 4.77. The van der Waals surface area contributed by atoms with E-state index in [2.05, 4.69) is 27.4 Å². The molecule has 0 bridgehead atoms. The molecule has 0 aliphatic heterocycles. The van der Waals surface area contributed by atoms with Crippen molar-refractivity contribution >= 4 is 38.8 Å². The number of amides is 1. The van der Waals surface area contributed by atoms with Crippen molar-refractivity contribution in [3.63, 3.8) is 0 Å². The number of hydrogen-bond acceptors (Lipinski definition) is 6. The molecule has 1 amide bonds. The van der Waals surface area contributed by atoms with E-state index < -0.39 is 0 Å². The van der Waals surface area contributed by atoms with Crippen LogP contribution < -0.4 is 5.32 Å². The van der Waals surface area contributed by atoms with E-state index in [9.17, 15) is 4.79 Å². The maximum Gasteiger partial charge on any atom is 0.226 e. The van der Waals surface area contributed by atoms with E-state index in [0.717, 1.165) is 38.1 Å². The van der Waals surface area contributed by atoms with Crippen LogP contribution in [0.1, 0.15) is 22.0 Å². The molecular formula is C24H19N3O2S2. The summed E-state index contributed by atoms with van der Waals surface area (Å²) in [6.07, 6.45) is 1.05. The summed E-state index contributed by atoms with van der Waals surface area (Å²) in [7, 11) is 0. The molecule has 0 saturated carbocycles. The molecule has 2 aromatic carbocycles. The van der Waals surface area contributed by atoms with E-state index >= 15 is 0 Å². The van der Waals surface area contributed by atoms with Gasteiger partial charge in [0.15, 0.2) is 10.8 Å². The molecule has 5 aromatic rings. The van der Waals surface area contributed by atoms with Crippen LogP contribution in [0.3, 0.4) is 0 Å². The number of benzene rings is 2. The summed E-state index contributed by atoms with van der Waals surface area (Å²) in [4.78, 5) is 21.6. The number of rotatable bonds is 7. The minimum Gasteiger partial charge on any atom is -0.457 e. The van der Waals surface area contributed by atoms with Gasteiger partial charge in [0.05, 0.1) is 33.9 Å². The summed E-state index contributed by atoms with van der Waals surface area (Å²) in [6, 6.07) is 22.0. The van der Waals surface area contributed by atoms with Gasteiger partial charge in [0.25, 0.3) is 0 Å². The number of nitrogens with one attached hydrogen (secondary N) is 1. The highest BCUT2D eigenvalue weighted by Crippen LogP contribution is 2.31. The van der Waals surface area contributed by atoms with Crippen molar-refractivity contribution < 1.29 is 9.21 Å². The molecule has 0 aliphatic carbocycles. The minimum atomic E-state index is -0.0745. The summed E-state index contributed by atoms with van der Waals surface area (Å²) in [5.41, 5.74) is 2.97. The average Bonchev–Trinajstić information content (AvgIpc) is 3.52. The van der Waals surface area contributed by atoms with E-state index in [-0.39, 0.29) is 12.3 Å². The van der Waals surface area contributed by atoms with Gasteiger partial charge in [-0.15, -0.1) is 22.7 Å². The summed E-state index contributed by atoms with van der Waals surface area (Å²) in [6.45, 7) is 0.338. The lowest BCUT2D eigenvalue weighted by Gasteiger charge is -2.01. The average molecular weight is 446 g/mol. The third-order valence-corrected chi connectivity index (χ3v) is 6.71. The fraction of sp³-hybridized carbons (Fsp3) is 0.125. The first-order valence-corrected chi connectivity index (χ1v) is 11.6. The molecular weight excluding hydrogens is 426 g/mol. The second-order valence-corrected chi connectivity index (χ2v) is 9.07. The number of hydrogen-bond donors (Lipinski definition) is 1.